The summed E-state index contributed by atoms with van der Waals surface area (Å²) in [4.78, 5) is 12.4. The van der Waals surface area contributed by atoms with Crippen LogP contribution in [0.25, 0.3) is 11.0 Å². The van der Waals surface area contributed by atoms with Crippen molar-refractivity contribution in [2.75, 3.05) is 7.05 Å². The van der Waals surface area contributed by atoms with E-state index in [1.165, 1.54) is 0 Å². The molecule has 3 rings (SSSR count). The first-order valence-corrected chi connectivity index (χ1v) is 8.75. The Bertz CT molecular complexity index is 742. The molecule has 2 heterocycles. The third kappa shape index (κ3) is 4.49. The van der Waals surface area contributed by atoms with E-state index in [4.69, 9.17) is 4.52 Å². The van der Waals surface area contributed by atoms with Gasteiger partial charge < -0.3 is 14.8 Å². The molecule has 0 aliphatic rings. The molecule has 3 aromatic rings. The molecule has 2 atom stereocenters. The number of benzene rings is 1. The number of rotatable bonds is 7. The summed E-state index contributed by atoms with van der Waals surface area (Å²) in [6.45, 7) is 4.22. The number of imidazole rings is 1. The van der Waals surface area contributed by atoms with Crippen molar-refractivity contribution in [2.45, 2.75) is 37.3 Å². The van der Waals surface area contributed by atoms with Gasteiger partial charge in [0.25, 0.3) is 0 Å². The Hall–Kier alpha value is -1.57. The van der Waals surface area contributed by atoms with Gasteiger partial charge >= 0.3 is 0 Å². The molecule has 8 heteroatoms. The van der Waals surface area contributed by atoms with Gasteiger partial charge in [0, 0.05) is 12.5 Å². The molecular weight excluding hydrogens is 346 g/mol. The zero-order valence-corrected chi connectivity index (χ0v) is 15.6. The Morgan fingerprint density at radius 1 is 1.25 bits per heavy atom. The molecule has 0 radical (unpaired) electrons. The van der Waals surface area contributed by atoms with Gasteiger partial charge in [0.1, 0.15) is 5.82 Å². The van der Waals surface area contributed by atoms with Crippen LogP contribution in [0.5, 0.6) is 0 Å². The number of para-hydroxylation sites is 2. The van der Waals surface area contributed by atoms with Gasteiger partial charge in [-0.2, -0.15) is 4.98 Å². The maximum absolute atomic E-state index is 5.31. The minimum Gasteiger partial charge on any atom is -0.341 e. The lowest BCUT2D eigenvalue weighted by Crippen LogP contribution is -2.24. The zero-order valence-electron chi connectivity index (χ0n) is 13.9. The summed E-state index contributed by atoms with van der Waals surface area (Å²) in [5.41, 5.74) is 2.06. The molecule has 130 valence electrons. The fourth-order valence-electron chi connectivity index (χ4n) is 2.25. The van der Waals surface area contributed by atoms with E-state index in [2.05, 4.69) is 39.3 Å². The van der Waals surface area contributed by atoms with Crippen molar-refractivity contribution in [3.05, 3.63) is 41.8 Å². The maximum atomic E-state index is 5.31. The molecule has 0 bridgehead atoms. The van der Waals surface area contributed by atoms with Gasteiger partial charge in [0.05, 0.1) is 22.0 Å². The normalized spacial score (nSPS) is 13.6. The highest BCUT2D eigenvalue weighted by molar-refractivity contribution is 7.98. The highest BCUT2D eigenvalue weighted by Crippen LogP contribution is 2.30. The van der Waals surface area contributed by atoms with Gasteiger partial charge in [-0.1, -0.05) is 17.3 Å². The highest BCUT2D eigenvalue weighted by Gasteiger charge is 2.14. The lowest BCUT2D eigenvalue weighted by Gasteiger charge is -2.06. The lowest BCUT2D eigenvalue weighted by molar-refractivity contribution is 0.382. The average Bonchev–Trinajstić information content (AvgIpc) is 3.18. The third-order valence-corrected chi connectivity index (χ3v) is 4.88. The third-order valence-electron chi connectivity index (χ3n) is 3.74. The fraction of sp³-hybridized carbons (Fsp3) is 0.438. The number of fused-ring (bicyclic) bond motifs is 1. The molecule has 0 amide bonds. The van der Waals surface area contributed by atoms with Gasteiger partial charge in [0.2, 0.25) is 5.89 Å². The number of hydrogen-bond donors (Lipinski definition) is 2. The van der Waals surface area contributed by atoms with Crippen molar-refractivity contribution in [2.24, 2.45) is 0 Å². The molecule has 0 fully saturated rings. The van der Waals surface area contributed by atoms with Gasteiger partial charge in [0.15, 0.2) is 5.82 Å². The summed E-state index contributed by atoms with van der Waals surface area (Å²) in [7, 11) is 1.93. The number of halogens is 1. The van der Waals surface area contributed by atoms with Crippen molar-refractivity contribution in [1.82, 2.24) is 25.4 Å². The number of hydrogen-bond acceptors (Lipinski definition) is 6. The number of aromatic amines is 1. The Kier molecular flexibility index (Phi) is 6.65. The molecule has 24 heavy (non-hydrogen) atoms. The second-order valence-electron chi connectivity index (χ2n) is 5.59. The SMILES string of the molecule is CNC(C)Cc1noc(CSC(C)c2nc3ccccc3[nH]2)n1.Cl. The lowest BCUT2D eigenvalue weighted by atomic mass is 10.2. The van der Waals surface area contributed by atoms with Gasteiger partial charge in [-0.3, -0.25) is 0 Å². The number of aromatic nitrogens is 4. The second-order valence-corrected chi connectivity index (χ2v) is 6.92. The van der Waals surface area contributed by atoms with Crippen molar-refractivity contribution in [1.29, 1.82) is 0 Å². The van der Waals surface area contributed by atoms with E-state index < -0.39 is 0 Å². The minimum atomic E-state index is 0. The predicted octanol–water partition coefficient (Wildman–Crippen LogP) is 3.51. The summed E-state index contributed by atoms with van der Waals surface area (Å²) in [6, 6.07) is 8.39. The first-order chi connectivity index (χ1) is 11.2. The molecule has 0 saturated heterocycles. The maximum Gasteiger partial charge on any atom is 0.236 e. The summed E-state index contributed by atoms with van der Waals surface area (Å²) < 4.78 is 5.31. The molecule has 0 spiro atoms. The summed E-state index contributed by atoms with van der Waals surface area (Å²) in [6.07, 6.45) is 0.768. The Morgan fingerprint density at radius 2 is 2.04 bits per heavy atom. The van der Waals surface area contributed by atoms with E-state index in [1.54, 1.807) is 11.8 Å². The molecule has 0 aliphatic heterocycles. The Morgan fingerprint density at radius 3 is 2.79 bits per heavy atom. The van der Waals surface area contributed by atoms with Gasteiger partial charge in [-0.15, -0.1) is 24.2 Å². The number of likely N-dealkylation sites (N-methyl/N-ethyl adjacent to an activating group) is 1. The van der Waals surface area contributed by atoms with Gasteiger partial charge in [-0.05, 0) is 33.0 Å². The largest absolute Gasteiger partial charge is 0.341 e. The summed E-state index contributed by atoms with van der Waals surface area (Å²) in [5, 5.41) is 7.43. The van der Waals surface area contributed by atoms with E-state index >= 15 is 0 Å². The minimum absolute atomic E-state index is 0. The number of H-pyrrole nitrogens is 1. The van der Waals surface area contributed by atoms with Crippen LogP contribution >= 0.6 is 24.2 Å². The van der Waals surface area contributed by atoms with E-state index in [0.29, 0.717) is 17.7 Å². The molecule has 0 saturated carbocycles. The van der Waals surface area contributed by atoms with Crippen molar-refractivity contribution in [3.63, 3.8) is 0 Å². The van der Waals surface area contributed by atoms with Crippen molar-refractivity contribution in [3.8, 4) is 0 Å². The fourth-order valence-corrected chi connectivity index (χ4v) is 3.03. The van der Waals surface area contributed by atoms with E-state index in [0.717, 1.165) is 29.1 Å². The van der Waals surface area contributed by atoms with Crippen LogP contribution in [-0.4, -0.2) is 33.2 Å². The standard InChI is InChI=1S/C16H21N5OS.ClH/c1-10(17-3)8-14-20-15(22-21-14)9-23-11(2)16-18-12-6-4-5-7-13(12)19-16;/h4-7,10-11,17H,8-9H2,1-3H3,(H,18,19);1H. The number of nitrogens with zero attached hydrogens (tertiary/aromatic N) is 3. The molecule has 2 unspecified atom stereocenters. The van der Waals surface area contributed by atoms with Gasteiger partial charge in [-0.25, -0.2) is 4.98 Å². The van der Waals surface area contributed by atoms with Crippen LogP contribution < -0.4 is 5.32 Å². The number of nitrogens with one attached hydrogen (secondary N) is 2. The van der Waals surface area contributed by atoms with E-state index in [-0.39, 0.29) is 17.7 Å². The second kappa shape index (κ2) is 8.50. The molecule has 6 nitrogen and oxygen atoms in total. The quantitative estimate of drug-likeness (QED) is 0.665. The Balaban J connectivity index is 0.00000208. The smallest absolute Gasteiger partial charge is 0.236 e. The summed E-state index contributed by atoms with van der Waals surface area (Å²) in [5.74, 6) is 3.06. The number of thioether (sulfide) groups is 1. The van der Waals surface area contributed by atoms with E-state index in [1.807, 2.05) is 31.3 Å². The van der Waals surface area contributed by atoms with Crippen LogP contribution in [0.1, 0.15) is 36.6 Å². The highest BCUT2D eigenvalue weighted by atomic mass is 35.5. The average molecular weight is 368 g/mol. The molecule has 2 N–H and O–H groups in total. The van der Waals surface area contributed by atoms with E-state index in [9.17, 15) is 0 Å². The van der Waals surface area contributed by atoms with Crippen LogP contribution in [0.3, 0.4) is 0 Å². The summed E-state index contributed by atoms with van der Waals surface area (Å²) >= 11 is 1.73. The molecule has 1 aromatic carbocycles. The Labute approximate surface area is 151 Å². The van der Waals surface area contributed by atoms with Crippen LogP contribution in [0.15, 0.2) is 28.8 Å². The topological polar surface area (TPSA) is 79.6 Å². The molecule has 0 aliphatic carbocycles. The van der Waals surface area contributed by atoms with Crippen molar-refractivity contribution < 1.29 is 4.52 Å². The first-order valence-electron chi connectivity index (χ1n) is 7.70. The molecular formula is C16H22ClN5OS. The molecule has 2 aromatic heterocycles. The van der Waals surface area contributed by atoms with Crippen LogP contribution in [0.2, 0.25) is 0 Å². The first kappa shape index (κ1) is 18.8. The monoisotopic (exact) mass is 367 g/mol. The predicted molar refractivity (Wildman–Crippen MR) is 99.6 cm³/mol. The zero-order chi connectivity index (χ0) is 16.2. The van der Waals surface area contributed by atoms with Crippen molar-refractivity contribution >= 4 is 35.2 Å². The van der Waals surface area contributed by atoms with Crippen LogP contribution in [-0.2, 0) is 12.2 Å². The van der Waals surface area contributed by atoms with Crippen LogP contribution in [0, 0.1) is 0 Å². The van der Waals surface area contributed by atoms with Crippen LogP contribution in [0.4, 0.5) is 0 Å².